The van der Waals surface area contributed by atoms with Gasteiger partial charge in [-0.2, -0.15) is 0 Å². The van der Waals surface area contributed by atoms with Crippen molar-refractivity contribution in [2.45, 2.75) is 13.3 Å². The summed E-state index contributed by atoms with van der Waals surface area (Å²) in [7, 11) is 1.29. The van der Waals surface area contributed by atoms with Gasteiger partial charge < -0.3 is 19.1 Å². The lowest BCUT2D eigenvalue weighted by atomic mass is 10.1. The largest absolute Gasteiger partial charge is 0.492 e. The fourth-order valence-electron chi connectivity index (χ4n) is 3.03. The van der Waals surface area contributed by atoms with Gasteiger partial charge in [-0.15, -0.1) is 0 Å². The molecule has 1 amide bonds. The summed E-state index contributed by atoms with van der Waals surface area (Å²) >= 11 is 0. The first-order chi connectivity index (χ1) is 13.5. The first-order valence-electron chi connectivity index (χ1n) is 8.95. The van der Waals surface area contributed by atoms with Crippen molar-refractivity contribution in [1.29, 1.82) is 0 Å². The molecule has 0 aromatic heterocycles. The van der Waals surface area contributed by atoms with Crippen molar-refractivity contribution in [2.75, 3.05) is 25.2 Å². The second-order valence-electron chi connectivity index (χ2n) is 6.24. The smallest absolute Gasteiger partial charge is 0.337 e. The molecule has 1 aliphatic heterocycles. The molecule has 1 saturated heterocycles. The summed E-state index contributed by atoms with van der Waals surface area (Å²) in [6.07, 6.45) is 0.0690. The van der Waals surface area contributed by atoms with Crippen LogP contribution >= 0.6 is 0 Å². The van der Waals surface area contributed by atoms with Crippen LogP contribution < -0.4 is 14.4 Å². The molecule has 1 aliphatic rings. The molecule has 3 rings (SSSR count). The van der Waals surface area contributed by atoms with E-state index >= 15 is 0 Å². The molecule has 7 nitrogen and oxygen atoms in total. The van der Waals surface area contributed by atoms with Crippen LogP contribution in [0.3, 0.4) is 0 Å². The SMILES string of the molecule is CCOc1ccccc1N1C[C@H](C(=O)Oc2ccc(C(=O)OC)cc2)CC1=O. The quantitative estimate of drug-likeness (QED) is 0.564. The summed E-state index contributed by atoms with van der Waals surface area (Å²) in [6, 6.07) is 13.3. The van der Waals surface area contributed by atoms with E-state index in [0.717, 1.165) is 0 Å². The number of hydrogen-bond donors (Lipinski definition) is 0. The molecule has 0 spiro atoms. The molecule has 0 radical (unpaired) electrons. The van der Waals surface area contributed by atoms with E-state index in [-0.39, 0.29) is 18.9 Å². The molecule has 7 heteroatoms. The van der Waals surface area contributed by atoms with E-state index in [0.29, 0.717) is 29.4 Å². The number of rotatable bonds is 6. The first-order valence-corrected chi connectivity index (χ1v) is 8.95. The molecular formula is C21H21NO6. The molecule has 2 aromatic rings. The summed E-state index contributed by atoms with van der Waals surface area (Å²) in [6.45, 7) is 2.57. The lowest BCUT2D eigenvalue weighted by molar-refractivity contribution is -0.139. The predicted molar refractivity (Wildman–Crippen MR) is 101 cm³/mol. The van der Waals surface area contributed by atoms with Crippen LogP contribution in [0.4, 0.5) is 5.69 Å². The number of carbonyl (C=O) groups is 3. The van der Waals surface area contributed by atoms with E-state index in [9.17, 15) is 14.4 Å². The van der Waals surface area contributed by atoms with Gasteiger partial charge in [0.05, 0.1) is 30.9 Å². The average Bonchev–Trinajstić information content (AvgIpc) is 3.10. The maximum absolute atomic E-state index is 12.5. The van der Waals surface area contributed by atoms with Crippen molar-refractivity contribution >= 4 is 23.5 Å². The highest BCUT2D eigenvalue weighted by Crippen LogP contribution is 2.33. The number of methoxy groups -OCH3 is 1. The predicted octanol–water partition coefficient (Wildman–Crippen LogP) is 2.83. The van der Waals surface area contributed by atoms with Gasteiger partial charge >= 0.3 is 11.9 Å². The Balaban J connectivity index is 1.68. The van der Waals surface area contributed by atoms with Gasteiger partial charge in [0.15, 0.2) is 0 Å². The number of ether oxygens (including phenoxy) is 3. The zero-order chi connectivity index (χ0) is 20.1. The topological polar surface area (TPSA) is 82.1 Å². The Morgan fingerprint density at radius 2 is 1.82 bits per heavy atom. The Hall–Kier alpha value is -3.35. The number of esters is 2. The van der Waals surface area contributed by atoms with E-state index in [1.807, 2.05) is 19.1 Å². The maximum atomic E-state index is 12.5. The van der Waals surface area contributed by atoms with Gasteiger partial charge in [-0.1, -0.05) is 12.1 Å². The molecule has 28 heavy (non-hydrogen) atoms. The molecule has 146 valence electrons. The number of hydrogen-bond acceptors (Lipinski definition) is 6. The second-order valence-corrected chi connectivity index (χ2v) is 6.24. The van der Waals surface area contributed by atoms with Gasteiger partial charge in [0.2, 0.25) is 5.91 Å². The highest BCUT2D eigenvalue weighted by Gasteiger charge is 2.37. The monoisotopic (exact) mass is 383 g/mol. The van der Waals surface area contributed by atoms with Crippen LogP contribution in [0.25, 0.3) is 0 Å². The molecule has 0 unspecified atom stereocenters. The molecule has 0 aliphatic carbocycles. The number of carbonyl (C=O) groups excluding carboxylic acids is 3. The van der Waals surface area contributed by atoms with Crippen molar-refractivity contribution in [1.82, 2.24) is 0 Å². The highest BCUT2D eigenvalue weighted by atomic mass is 16.5. The Morgan fingerprint density at radius 1 is 1.11 bits per heavy atom. The Bertz CT molecular complexity index is 877. The second kappa shape index (κ2) is 8.56. The Kier molecular flexibility index (Phi) is 5.93. The molecule has 2 aromatic carbocycles. The van der Waals surface area contributed by atoms with Crippen LogP contribution in [0.5, 0.6) is 11.5 Å². The third-order valence-corrected chi connectivity index (χ3v) is 4.41. The van der Waals surface area contributed by atoms with Crippen molar-refractivity contribution in [3.63, 3.8) is 0 Å². The molecule has 0 bridgehead atoms. The molecule has 1 heterocycles. The molecule has 0 saturated carbocycles. The normalized spacial score (nSPS) is 16.0. The summed E-state index contributed by atoms with van der Waals surface area (Å²) < 4.78 is 15.6. The van der Waals surface area contributed by atoms with E-state index in [1.165, 1.54) is 31.4 Å². The lowest BCUT2D eigenvalue weighted by Crippen LogP contribution is -2.27. The molecular weight excluding hydrogens is 362 g/mol. The van der Waals surface area contributed by atoms with Gasteiger partial charge in [-0.3, -0.25) is 9.59 Å². The van der Waals surface area contributed by atoms with Crippen LogP contribution in [0.2, 0.25) is 0 Å². The van der Waals surface area contributed by atoms with E-state index < -0.39 is 17.9 Å². The fourth-order valence-corrected chi connectivity index (χ4v) is 3.03. The number of nitrogens with zero attached hydrogens (tertiary/aromatic N) is 1. The number of amides is 1. The van der Waals surface area contributed by atoms with Crippen LogP contribution in [0.15, 0.2) is 48.5 Å². The Morgan fingerprint density at radius 3 is 2.50 bits per heavy atom. The van der Waals surface area contributed by atoms with Gasteiger partial charge in [-0.05, 0) is 43.3 Å². The fraction of sp³-hybridized carbons (Fsp3) is 0.286. The van der Waals surface area contributed by atoms with Crippen molar-refractivity contribution in [3.05, 3.63) is 54.1 Å². The number of anilines is 1. The summed E-state index contributed by atoms with van der Waals surface area (Å²) in [4.78, 5) is 38.0. The minimum Gasteiger partial charge on any atom is -0.492 e. The number of benzene rings is 2. The van der Waals surface area contributed by atoms with Crippen molar-refractivity contribution in [2.24, 2.45) is 5.92 Å². The molecule has 1 fully saturated rings. The lowest BCUT2D eigenvalue weighted by Gasteiger charge is -2.19. The average molecular weight is 383 g/mol. The summed E-state index contributed by atoms with van der Waals surface area (Å²) in [5, 5.41) is 0. The summed E-state index contributed by atoms with van der Waals surface area (Å²) in [5.41, 5.74) is 1.00. The van der Waals surface area contributed by atoms with Crippen LogP contribution in [0, 0.1) is 5.92 Å². The van der Waals surface area contributed by atoms with Crippen molar-refractivity contribution in [3.8, 4) is 11.5 Å². The van der Waals surface area contributed by atoms with E-state index in [1.54, 1.807) is 17.0 Å². The Labute approximate surface area is 162 Å². The van der Waals surface area contributed by atoms with Crippen molar-refractivity contribution < 1.29 is 28.6 Å². The zero-order valence-electron chi connectivity index (χ0n) is 15.7. The van der Waals surface area contributed by atoms with Gasteiger partial charge in [0.25, 0.3) is 0 Å². The molecule has 0 N–H and O–H groups in total. The maximum Gasteiger partial charge on any atom is 0.337 e. The van der Waals surface area contributed by atoms with Gasteiger partial charge in [-0.25, -0.2) is 4.79 Å². The zero-order valence-corrected chi connectivity index (χ0v) is 15.7. The standard InChI is InChI=1S/C21H21NO6/c1-3-27-18-7-5-4-6-17(18)22-13-15(12-19(22)23)21(25)28-16-10-8-14(9-11-16)20(24)26-2/h4-11,15H,3,12-13H2,1-2H3/t15-/m1/s1. The third-order valence-electron chi connectivity index (χ3n) is 4.41. The van der Waals surface area contributed by atoms with Gasteiger partial charge in [0, 0.05) is 13.0 Å². The highest BCUT2D eigenvalue weighted by molar-refractivity contribution is 6.00. The third kappa shape index (κ3) is 4.14. The minimum absolute atomic E-state index is 0.0690. The van der Waals surface area contributed by atoms with E-state index in [4.69, 9.17) is 9.47 Å². The minimum atomic E-state index is -0.581. The number of para-hydroxylation sites is 2. The summed E-state index contributed by atoms with van der Waals surface area (Å²) in [5.74, 6) is -0.792. The molecule has 1 atom stereocenters. The van der Waals surface area contributed by atoms with E-state index in [2.05, 4.69) is 4.74 Å². The van der Waals surface area contributed by atoms with Crippen LogP contribution in [0.1, 0.15) is 23.7 Å². The van der Waals surface area contributed by atoms with Crippen LogP contribution in [-0.4, -0.2) is 38.1 Å². The van der Waals surface area contributed by atoms with Crippen LogP contribution in [-0.2, 0) is 14.3 Å². The van der Waals surface area contributed by atoms with Gasteiger partial charge in [0.1, 0.15) is 11.5 Å². The first kappa shape index (κ1) is 19.4.